The number of para-hydroxylation sites is 1. The van der Waals surface area contributed by atoms with Crippen LogP contribution in [-0.2, 0) is 6.42 Å². The molecule has 2 N–H and O–H groups in total. The van der Waals surface area contributed by atoms with Gasteiger partial charge in [0.15, 0.2) is 0 Å². The molecule has 0 spiro atoms. The van der Waals surface area contributed by atoms with Crippen LogP contribution < -0.4 is 10.1 Å². The molecule has 3 nitrogen and oxygen atoms in total. The van der Waals surface area contributed by atoms with E-state index < -0.39 is 0 Å². The number of aliphatic hydroxyl groups excluding tert-OH is 1. The van der Waals surface area contributed by atoms with Crippen molar-refractivity contribution in [3.8, 4) is 5.75 Å². The third kappa shape index (κ3) is 3.47. The van der Waals surface area contributed by atoms with Crippen LogP contribution in [0.4, 0.5) is 0 Å². The molecule has 0 heterocycles. The van der Waals surface area contributed by atoms with Crippen LogP contribution in [0.1, 0.15) is 25.3 Å². The largest absolute Gasteiger partial charge is 0.496 e. The summed E-state index contributed by atoms with van der Waals surface area (Å²) in [7, 11) is 1.69. The standard InChI is InChI=1S/C15H23NO2/c1-15(11-17,16-10-12-7-8-12)9-13-5-3-4-6-14(13)18-2/h3-6,12,16-17H,7-11H2,1-2H3. The molecule has 1 aromatic rings. The van der Waals surface area contributed by atoms with Gasteiger partial charge in [0.1, 0.15) is 5.75 Å². The van der Waals surface area contributed by atoms with Gasteiger partial charge in [-0.15, -0.1) is 0 Å². The summed E-state index contributed by atoms with van der Waals surface area (Å²) in [5, 5.41) is 13.1. The van der Waals surface area contributed by atoms with Gasteiger partial charge in [0.2, 0.25) is 0 Å². The summed E-state index contributed by atoms with van der Waals surface area (Å²) in [6.45, 7) is 3.21. The van der Waals surface area contributed by atoms with Gasteiger partial charge in [-0.25, -0.2) is 0 Å². The van der Waals surface area contributed by atoms with E-state index in [-0.39, 0.29) is 12.1 Å². The molecule has 1 unspecified atom stereocenters. The lowest BCUT2D eigenvalue weighted by molar-refractivity contribution is 0.172. The van der Waals surface area contributed by atoms with Gasteiger partial charge in [-0.3, -0.25) is 0 Å². The lowest BCUT2D eigenvalue weighted by Crippen LogP contribution is -2.48. The summed E-state index contributed by atoms with van der Waals surface area (Å²) in [5.41, 5.74) is 0.872. The molecule has 0 bridgehead atoms. The zero-order valence-corrected chi connectivity index (χ0v) is 11.3. The van der Waals surface area contributed by atoms with Crippen molar-refractivity contribution < 1.29 is 9.84 Å². The highest BCUT2D eigenvalue weighted by molar-refractivity contribution is 5.34. The highest BCUT2D eigenvalue weighted by Crippen LogP contribution is 2.29. The molecule has 0 aromatic heterocycles. The normalized spacial score (nSPS) is 18.4. The zero-order chi connectivity index (χ0) is 13.0. The maximum Gasteiger partial charge on any atom is 0.122 e. The molecule has 0 amide bonds. The maximum atomic E-state index is 9.64. The van der Waals surface area contributed by atoms with Crippen molar-refractivity contribution in [2.24, 2.45) is 5.92 Å². The fourth-order valence-corrected chi connectivity index (χ4v) is 2.16. The van der Waals surface area contributed by atoms with E-state index in [0.717, 1.165) is 30.2 Å². The van der Waals surface area contributed by atoms with Crippen molar-refractivity contribution in [2.45, 2.75) is 31.7 Å². The van der Waals surface area contributed by atoms with Gasteiger partial charge < -0.3 is 15.2 Å². The Morgan fingerprint density at radius 1 is 1.39 bits per heavy atom. The Morgan fingerprint density at radius 3 is 2.72 bits per heavy atom. The molecule has 0 saturated heterocycles. The molecule has 1 aliphatic rings. The molecule has 2 rings (SSSR count). The first-order valence-electron chi connectivity index (χ1n) is 6.64. The highest BCUT2D eigenvalue weighted by Gasteiger charge is 2.28. The second-order valence-electron chi connectivity index (χ2n) is 5.53. The average molecular weight is 249 g/mol. The second kappa shape index (κ2) is 5.72. The predicted molar refractivity (Wildman–Crippen MR) is 72.9 cm³/mol. The van der Waals surface area contributed by atoms with Crippen molar-refractivity contribution in [3.63, 3.8) is 0 Å². The van der Waals surface area contributed by atoms with Crippen LogP contribution in [0.15, 0.2) is 24.3 Å². The third-order valence-electron chi connectivity index (χ3n) is 3.64. The molecule has 3 heteroatoms. The van der Waals surface area contributed by atoms with E-state index in [2.05, 4.69) is 18.3 Å². The fourth-order valence-electron chi connectivity index (χ4n) is 2.16. The number of rotatable bonds is 7. The Balaban J connectivity index is 2.02. The molecule has 18 heavy (non-hydrogen) atoms. The summed E-state index contributed by atoms with van der Waals surface area (Å²) in [6, 6.07) is 8.01. The number of hydrogen-bond acceptors (Lipinski definition) is 3. The van der Waals surface area contributed by atoms with E-state index in [0.29, 0.717) is 0 Å². The fraction of sp³-hybridized carbons (Fsp3) is 0.600. The molecule has 0 radical (unpaired) electrons. The quantitative estimate of drug-likeness (QED) is 0.776. The molecule has 100 valence electrons. The average Bonchev–Trinajstić information content (AvgIpc) is 3.21. The summed E-state index contributed by atoms with van der Waals surface area (Å²) in [6.07, 6.45) is 3.42. The van der Waals surface area contributed by atoms with Crippen LogP contribution in [0, 0.1) is 5.92 Å². The lowest BCUT2D eigenvalue weighted by atomic mass is 9.93. The minimum Gasteiger partial charge on any atom is -0.496 e. The monoisotopic (exact) mass is 249 g/mol. The summed E-state index contributed by atoms with van der Waals surface area (Å²) in [5.74, 6) is 1.71. The number of benzene rings is 1. The maximum absolute atomic E-state index is 9.64. The number of methoxy groups -OCH3 is 1. The van der Waals surface area contributed by atoms with Crippen molar-refractivity contribution in [3.05, 3.63) is 29.8 Å². The Labute approximate surface area is 109 Å². The summed E-state index contributed by atoms with van der Waals surface area (Å²) < 4.78 is 5.36. The van der Waals surface area contributed by atoms with Gasteiger partial charge in [-0.1, -0.05) is 18.2 Å². The van der Waals surface area contributed by atoms with Gasteiger partial charge >= 0.3 is 0 Å². The van der Waals surface area contributed by atoms with Crippen molar-refractivity contribution in [2.75, 3.05) is 20.3 Å². The molecule has 0 aliphatic heterocycles. The number of ether oxygens (including phenoxy) is 1. The first kappa shape index (κ1) is 13.4. The number of nitrogens with one attached hydrogen (secondary N) is 1. The second-order valence-corrected chi connectivity index (χ2v) is 5.53. The predicted octanol–water partition coefficient (Wildman–Crippen LogP) is 1.99. The Morgan fingerprint density at radius 2 is 2.11 bits per heavy atom. The molecular formula is C15H23NO2. The topological polar surface area (TPSA) is 41.5 Å². The van der Waals surface area contributed by atoms with E-state index in [1.165, 1.54) is 12.8 Å². The van der Waals surface area contributed by atoms with Crippen molar-refractivity contribution in [1.82, 2.24) is 5.32 Å². The van der Waals surface area contributed by atoms with E-state index in [1.54, 1.807) is 7.11 Å². The van der Waals surface area contributed by atoms with Gasteiger partial charge in [-0.05, 0) is 50.3 Å². The van der Waals surface area contributed by atoms with Crippen LogP contribution in [-0.4, -0.2) is 30.9 Å². The summed E-state index contributed by atoms with van der Waals surface area (Å²) >= 11 is 0. The minimum atomic E-state index is -0.267. The van der Waals surface area contributed by atoms with Crippen LogP contribution in [0.5, 0.6) is 5.75 Å². The first-order valence-corrected chi connectivity index (χ1v) is 6.64. The molecule has 1 aromatic carbocycles. The first-order chi connectivity index (χ1) is 8.67. The van der Waals surface area contributed by atoms with Crippen LogP contribution in [0.2, 0.25) is 0 Å². The SMILES string of the molecule is COc1ccccc1CC(C)(CO)NCC1CC1. The van der Waals surface area contributed by atoms with Gasteiger partial charge in [0, 0.05) is 5.54 Å². The van der Waals surface area contributed by atoms with Crippen molar-refractivity contribution in [1.29, 1.82) is 0 Å². The number of hydrogen-bond donors (Lipinski definition) is 2. The van der Waals surface area contributed by atoms with E-state index in [9.17, 15) is 5.11 Å². The Kier molecular flexibility index (Phi) is 4.25. The van der Waals surface area contributed by atoms with Gasteiger partial charge in [0.25, 0.3) is 0 Å². The van der Waals surface area contributed by atoms with Gasteiger partial charge in [0.05, 0.1) is 13.7 Å². The van der Waals surface area contributed by atoms with Crippen LogP contribution in [0.3, 0.4) is 0 Å². The Hall–Kier alpha value is -1.06. The Bertz CT molecular complexity index is 390. The number of aliphatic hydroxyl groups is 1. The van der Waals surface area contributed by atoms with Crippen molar-refractivity contribution >= 4 is 0 Å². The smallest absolute Gasteiger partial charge is 0.122 e. The molecule has 1 atom stereocenters. The molecule has 1 fully saturated rings. The minimum absolute atomic E-state index is 0.137. The van der Waals surface area contributed by atoms with Crippen LogP contribution >= 0.6 is 0 Å². The van der Waals surface area contributed by atoms with E-state index in [1.807, 2.05) is 18.2 Å². The molecule has 1 saturated carbocycles. The van der Waals surface area contributed by atoms with E-state index in [4.69, 9.17) is 4.74 Å². The summed E-state index contributed by atoms with van der Waals surface area (Å²) in [4.78, 5) is 0. The molecular weight excluding hydrogens is 226 g/mol. The van der Waals surface area contributed by atoms with Crippen LogP contribution in [0.25, 0.3) is 0 Å². The third-order valence-corrected chi connectivity index (χ3v) is 3.64. The highest BCUT2D eigenvalue weighted by atomic mass is 16.5. The lowest BCUT2D eigenvalue weighted by Gasteiger charge is -2.29. The molecule has 1 aliphatic carbocycles. The van der Waals surface area contributed by atoms with E-state index >= 15 is 0 Å². The zero-order valence-electron chi connectivity index (χ0n) is 11.3. The van der Waals surface area contributed by atoms with Gasteiger partial charge in [-0.2, -0.15) is 0 Å².